The Morgan fingerprint density at radius 1 is 0.477 bits per heavy atom. The lowest BCUT2D eigenvalue weighted by molar-refractivity contribution is 0.570. The summed E-state index contributed by atoms with van der Waals surface area (Å²) >= 11 is 0. The Morgan fingerprint density at radius 3 is 2.05 bits per heavy atom. The number of furan rings is 2. The summed E-state index contributed by atoms with van der Waals surface area (Å²) in [6.07, 6.45) is 1.95. The van der Waals surface area contributed by atoms with E-state index in [0.717, 1.165) is 66.3 Å². The highest BCUT2D eigenvalue weighted by molar-refractivity contribution is 6.39. The molecule has 0 fully saturated rings. The average molecular weight is 565 g/mol. The number of nitrogens with zero attached hydrogens (tertiary/aromatic N) is 2. The van der Waals surface area contributed by atoms with Crippen molar-refractivity contribution in [1.29, 1.82) is 0 Å². The van der Waals surface area contributed by atoms with Crippen LogP contribution in [0.25, 0.3) is 66.1 Å². The van der Waals surface area contributed by atoms with E-state index < -0.39 is 0 Å². The topological polar surface area (TPSA) is 51.0 Å². The Kier molecular flexibility index (Phi) is 4.80. The minimum absolute atomic E-state index is 0.0202. The summed E-state index contributed by atoms with van der Waals surface area (Å²) in [7, 11) is 0. The zero-order valence-corrected chi connectivity index (χ0v) is 23.6. The fraction of sp³-hybridized carbons (Fsp3) is 0.0500. The van der Waals surface area contributed by atoms with E-state index in [-0.39, 0.29) is 12.1 Å². The van der Waals surface area contributed by atoms with Crippen molar-refractivity contribution in [3.8, 4) is 22.3 Å². The molecule has 206 valence electrons. The van der Waals surface area contributed by atoms with Gasteiger partial charge in [0.1, 0.15) is 34.4 Å². The van der Waals surface area contributed by atoms with E-state index in [4.69, 9.17) is 18.8 Å². The fourth-order valence-corrected chi connectivity index (χ4v) is 7.26. The molecule has 10 rings (SSSR count). The molecule has 2 aliphatic rings. The molecule has 44 heavy (non-hydrogen) atoms. The van der Waals surface area contributed by atoms with Crippen LogP contribution in [0.15, 0.2) is 146 Å². The van der Waals surface area contributed by atoms with Gasteiger partial charge in [0.05, 0.1) is 11.1 Å². The second-order valence-corrected chi connectivity index (χ2v) is 11.6. The first kappa shape index (κ1) is 23.8. The summed E-state index contributed by atoms with van der Waals surface area (Å²) in [5.74, 6) is 0. The third kappa shape index (κ3) is 3.28. The molecule has 1 aliphatic heterocycles. The number of aliphatic imine (C=N–C) groups is 2. The maximum Gasteiger partial charge on any atom is 0.147 e. The quantitative estimate of drug-likeness (QED) is 0.210. The second kappa shape index (κ2) is 8.88. The van der Waals surface area contributed by atoms with Gasteiger partial charge >= 0.3 is 0 Å². The zero-order chi connectivity index (χ0) is 28.8. The van der Waals surface area contributed by atoms with Crippen molar-refractivity contribution in [2.45, 2.75) is 12.1 Å². The minimum Gasteiger partial charge on any atom is -0.456 e. The van der Waals surface area contributed by atoms with Crippen LogP contribution in [-0.4, -0.2) is 11.9 Å². The van der Waals surface area contributed by atoms with Crippen molar-refractivity contribution >= 4 is 55.8 Å². The molecule has 0 bridgehead atoms. The van der Waals surface area contributed by atoms with Crippen LogP contribution >= 0.6 is 0 Å². The van der Waals surface area contributed by atoms with Crippen molar-refractivity contribution in [3.05, 3.63) is 144 Å². The van der Waals surface area contributed by atoms with Gasteiger partial charge < -0.3 is 8.83 Å². The van der Waals surface area contributed by atoms with Crippen molar-refractivity contribution in [3.63, 3.8) is 0 Å². The van der Waals surface area contributed by atoms with Crippen LogP contribution in [0.1, 0.15) is 28.8 Å². The van der Waals surface area contributed by atoms with Crippen molar-refractivity contribution in [1.82, 2.24) is 0 Å². The van der Waals surface area contributed by atoms with E-state index in [2.05, 4.69) is 109 Å². The molecule has 2 unspecified atom stereocenters. The fourth-order valence-electron chi connectivity index (χ4n) is 7.26. The van der Waals surface area contributed by atoms with Crippen LogP contribution in [0.4, 0.5) is 0 Å². The van der Waals surface area contributed by atoms with E-state index in [0.29, 0.717) is 0 Å². The molecular formula is C40H24N2O2. The first-order valence-electron chi connectivity index (χ1n) is 15.0. The first-order chi connectivity index (χ1) is 21.8. The van der Waals surface area contributed by atoms with E-state index in [9.17, 15) is 0 Å². The highest BCUT2D eigenvalue weighted by Crippen LogP contribution is 2.49. The smallest absolute Gasteiger partial charge is 0.147 e. The van der Waals surface area contributed by atoms with Crippen LogP contribution in [0.5, 0.6) is 0 Å². The molecule has 4 nitrogen and oxygen atoms in total. The molecule has 2 atom stereocenters. The van der Waals surface area contributed by atoms with Gasteiger partial charge in [-0.05, 0) is 52.1 Å². The van der Waals surface area contributed by atoms with Crippen LogP contribution in [-0.2, 0) is 0 Å². The molecular weight excluding hydrogens is 540 g/mol. The molecule has 0 radical (unpaired) electrons. The van der Waals surface area contributed by atoms with Crippen LogP contribution in [0.3, 0.4) is 0 Å². The maximum atomic E-state index is 6.73. The second-order valence-electron chi connectivity index (χ2n) is 11.6. The van der Waals surface area contributed by atoms with Gasteiger partial charge in [-0.25, -0.2) is 0 Å². The van der Waals surface area contributed by atoms with Gasteiger partial charge in [0, 0.05) is 33.5 Å². The minimum atomic E-state index is -0.0595. The Labute approximate surface area is 252 Å². The Morgan fingerprint density at radius 2 is 1.16 bits per heavy atom. The normalized spacial score (nSPS) is 17.1. The highest BCUT2D eigenvalue weighted by Gasteiger charge is 2.35. The predicted molar refractivity (Wildman–Crippen MR) is 179 cm³/mol. The van der Waals surface area contributed by atoms with Crippen molar-refractivity contribution < 1.29 is 8.83 Å². The molecule has 2 aromatic heterocycles. The van der Waals surface area contributed by atoms with Gasteiger partial charge in [-0.1, -0.05) is 103 Å². The number of hydrogen-bond acceptors (Lipinski definition) is 4. The number of rotatable bonds is 2. The standard InChI is InChI=1S/C40H24N2O2/c1-3-13-28-26(11-1)27-12-2-4-14-29(27)38-37(28)41-22-33(42-38)24-10-7-9-23(21-24)25-16-8-17-30-31-19-20-35-36(40(31)44-39(25)30)32-15-5-6-18-34(32)43-35/h1-22,37-38H. The number of benzene rings is 6. The number of para-hydroxylation sites is 2. The zero-order valence-electron chi connectivity index (χ0n) is 23.6. The SMILES string of the molecule is C1=NC2c3ccccc3-c3ccccc3C2N=C1c1cccc(-c2cccc3c2oc2c3ccc3oc4ccccc4c32)c1. The summed E-state index contributed by atoms with van der Waals surface area (Å²) in [6.45, 7) is 0. The third-order valence-electron chi connectivity index (χ3n) is 9.26. The Bertz CT molecular complexity index is 2530. The van der Waals surface area contributed by atoms with Crippen molar-refractivity contribution in [2.24, 2.45) is 9.98 Å². The lowest BCUT2D eigenvalue weighted by atomic mass is 9.79. The lowest BCUT2D eigenvalue weighted by Gasteiger charge is -2.33. The van der Waals surface area contributed by atoms with E-state index in [1.807, 2.05) is 24.4 Å². The van der Waals surface area contributed by atoms with Gasteiger partial charge in [-0.3, -0.25) is 9.98 Å². The van der Waals surface area contributed by atoms with Gasteiger partial charge in [0.25, 0.3) is 0 Å². The van der Waals surface area contributed by atoms with Gasteiger partial charge in [-0.15, -0.1) is 0 Å². The van der Waals surface area contributed by atoms with Crippen LogP contribution in [0.2, 0.25) is 0 Å². The third-order valence-corrected chi connectivity index (χ3v) is 9.26. The molecule has 3 heterocycles. The van der Waals surface area contributed by atoms with Crippen LogP contribution in [0, 0.1) is 0 Å². The summed E-state index contributed by atoms with van der Waals surface area (Å²) in [4.78, 5) is 10.4. The molecule has 6 aromatic carbocycles. The summed E-state index contributed by atoms with van der Waals surface area (Å²) in [6, 6.07) is 44.4. The van der Waals surface area contributed by atoms with Gasteiger partial charge in [0.15, 0.2) is 0 Å². The van der Waals surface area contributed by atoms with Crippen LogP contribution < -0.4 is 0 Å². The van der Waals surface area contributed by atoms with E-state index in [1.165, 1.54) is 22.3 Å². The van der Waals surface area contributed by atoms with Gasteiger partial charge in [0.2, 0.25) is 0 Å². The molecule has 4 heteroatoms. The number of hydrogen-bond donors (Lipinski definition) is 0. The molecule has 0 saturated heterocycles. The summed E-state index contributed by atoms with van der Waals surface area (Å²) in [5, 5.41) is 4.26. The predicted octanol–water partition coefficient (Wildman–Crippen LogP) is 10.5. The summed E-state index contributed by atoms with van der Waals surface area (Å²) < 4.78 is 12.9. The molecule has 1 aliphatic carbocycles. The molecule has 0 amide bonds. The molecule has 0 N–H and O–H groups in total. The molecule has 8 aromatic rings. The average Bonchev–Trinajstić information content (AvgIpc) is 3.67. The highest BCUT2D eigenvalue weighted by atomic mass is 16.3. The first-order valence-corrected chi connectivity index (χ1v) is 15.0. The Hall–Kier alpha value is -5.74. The largest absolute Gasteiger partial charge is 0.456 e. The number of fused-ring (bicyclic) bond motifs is 13. The Balaban J connectivity index is 1.11. The van der Waals surface area contributed by atoms with E-state index >= 15 is 0 Å². The van der Waals surface area contributed by atoms with E-state index in [1.54, 1.807) is 0 Å². The monoisotopic (exact) mass is 564 g/mol. The van der Waals surface area contributed by atoms with Crippen molar-refractivity contribution in [2.75, 3.05) is 0 Å². The maximum absolute atomic E-state index is 6.73. The molecule has 0 saturated carbocycles. The summed E-state index contributed by atoms with van der Waals surface area (Å²) in [5.41, 5.74) is 12.4. The lowest BCUT2D eigenvalue weighted by Crippen LogP contribution is -2.22. The molecule has 0 spiro atoms. The van der Waals surface area contributed by atoms with Gasteiger partial charge in [-0.2, -0.15) is 0 Å².